The van der Waals surface area contributed by atoms with Gasteiger partial charge in [0.25, 0.3) is 0 Å². The number of ether oxygens (including phenoxy) is 2. The molecule has 0 saturated carbocycles. The Hall–Kier alpha value is -2.32. The molecule has 1 aromatic heterocycles. The summed E-state index contributed by atoms with van der Waals surface area (Å²) in [6.07, 6.45) is 1.06. The normalized spacial score (nSPS) is 11.8. The van der Waals surface area contributed by atoms with Crippen LogP contribution in [0.2, 0.25) is 0 Å². The van der Waals surface area contributed by atoms with E-state index in [4.69, 9.17) is 9.47 Å². The summed E-state index contributed by atoms with van der Waals surface area (Å²) >= 11 is 3.03. The Morgan fingerprint density at radius 2 is 1.83 bits per heavy atom. The van der Waals surface area contributed by atoms with Crippen molar-refractivity contribution in [1.82, 2.24) is 4.57 Å². The summed E-state index contributed by atoms with van der Waals surface area (Å²) in [7, 11) is 3.25. The predicted octanol–water partition coefficient (Wildman–Crippen LogP) is 4.88. The van der Waals surface area contributed by atoms with Gasteiger partial charge in [-0.15, -0.1) is 11.8 Å². The monoisotopic (exact) mass is 434 g/mol. The fraction of sp³-hybridized carbons (Fsp3) is 0.333. The van der Waals surface area contributed by atoms with Crippen LogP contribution in [0.1, 0.15) is 19.8 Å². The van der Waals surface area contributed by atoms with Crippen molar-refractivity contribution in [2.45, 2.75) is 31.2 Å². The topological polar surface area (TPSA) is 52.8 Å². The van der Waals surface area contributed by atoms with Gasteiger partial charge in [-0.3, -0.25) is 4.79 Å². The van der Waals surface area contributed by atoms with Gasteiger partial charge >= 0.3 is 0 Å². The number of aryl methyl sites for hydroxylation is 1. The Kier molecular flexibility index (Phi) is 7.33. The first-order valence-corrected chi connectivity index (χ1v) is 11.1. The van der Waals surface area contributed by atoms with Crippen LogP contribution in [0.3, 0.4) is 0 Å². The molecule has 154 valence electrons. The van der Waals surface area contributed by atoms with Crippen LogP contribution in [0.25, 0.3) is 10.2 Å². The van der Waals surface area contributed by atoms with Crippen LogP contribution in [-0.2, 0) is 11.3 Å². The first-order valence-electron chi connectivity index (χ1n) is 9.27. The standard InChI is InChI=1S/C21H23FN2O3S2/c1-4-24-19-16(26-2)11-12-17(27-3)20(19)29-21(24)23-18(25)6-5-13-28-15-9-7-14(22)8-10-15/h7-12H,4-6,13H2,1-3H3. The first kappa shape index (κ1) is 21.4. The summed E-state index contributed by atoms with van der Waals surface area (Å²) in [5.41, 5.74) is 0.887. The van der Waals surface area contributed by atoms with E-state index in [0.29, 0.717) is 24.2 Å². The Balaban J connectivity index is 1.74. The summed E-state index contributed by atoms with van der Waals surface area (Å²) in [5.74, 6) is 1.83. The van der Waals surface area contributed by atoms with E-state index < -0.39 is 0 Å². The highest BCUT2D eigenvalue weighted by Crippen LogP contribution is 2.35. The molecule has 0 aliphatic rings. The van der Waals surface area contributed by atoms with Gasteiger partial charge in [0.15, 0.2) is 4.80 Å². The molecule has 2 aromatic carbocycles. The number of fused-ring (bicyclic) bond motifs is 1. The van der Waals surface area contributed by atoms with Crippen molar-refractivity contribution in [3.05, 3.63) is 47.0 Å². The van der Waals surface area contributed by atoms with Crippen LogP contribution in [0, 0.1) is 5.82 Å². The third-order valence-corrected chi connectivity index (χ3v) is 6.54. The second kappa shape index (κ2) is 9.93. The lowest BCUT2D eigenvalue weighted by Gasteiger charge is -2.08. The molecule has 0 N–H and O–H groups in total. The number of hydrogen-bond acceptors (Lipinski definition) is 5. The lowest BCUT2D eigenvalue weighted by Crippen LogP contribution is -2.16. The molecule has 0 aliphatic heterocycles. The maximum atomic E-state index is 12.9. The molecule has 1 heterocycles. The van der Waals surface area contributed by atoms with Gasteiger partial charge in [-0.2, -0.15) is 4.99 Å². The average molecular weight is 435 g/mol. The minimum atomic E-state index is -0.246. The Labute approximate surface area is 177 Å². The van der Waals surface area contributed by atoms with Crippen LogP contribution in [0.15, 0.2) is 46.3 Å². The maximum Gasteiger partial charge on any atom is 0.248 e. The number of thiazole rings is 1. The highest BCUT2D eigenvalue weighted by Gasteiger charge is 2.15. The highest BCUT2D eigenvalue weighted by atomic mass is 32.2. The number of aromatic nitrogens is 1. The van der Waals surface area contributed by atoms with E-state index in [0.717, 1.165) is 32.4 Å². The fourth-order valence-corrected chi connectivity index (χ4v) is 5.01. The summed E-state index contributed by atoms with van der Waals surface area (Å²) in [6, 6.07) is 10.1. The molecule has 3 rings (SSSR count). The molecule has 0 saturated heterocycles. The largest absolute Gasteiger partial charge is 0.495 e. The molecule has 29 heavy (non-hydrogen) atoms. The Morgan fingerprint density at radius 3 is 2.48 bits per heavy atom. The Bertz CT molecular complexity index is 1060. The summed E-state index contributed by atoms with van der Waals surface area (Å²) in [4.78, 5) is 18.4. The van der Waals surface area contributed by atoms with E-state index in [2.05, 4.69) is 4.99 Å². The van der Waals surface area contributed by atoms with Crippen molar-refractivity contribution in [3.8, 4) is 11.5 Å². The SMILES string of the molecule is CCn1c(=NC(=O)CCCSc2ccc(F)cc2)sc2c(OC)ccc(OC)c21. The molecule has 0 aliphatic carbocycles. The van der Waals surface area contributed by atoms with Crippen LogP contribution in [-0.4, -0.2) is 30.4 Å². The van der Waals surface area contributed by atoms with Crippen molar-refractivity contribution >= 4 is 39.2 Å². The molecular formula is C21H23FN2O3S2. The number of nitrogens with zero attached hydrogens (tertiary/aromatic N) is 2. The van der Waals surface area contributed by atoms with E-state index in [1.165, 1.54) is 23.5 Å². The molecule has 1 amide bonds. The van der Waals surface area contributed by atoms with Crippen molar-refractivity contribution in [2.75, 3.05) is 20.0 Å². The number of carbonyl (C=O) groups is 1. The van der Waals surface area contributed by atoms with Gasteiger partial charge in [-0.25, -0.2) is 4.39 Å². The van der Waals surface area contributed by atoms with Crippen molar-refractivity contribution in [1.29, 1.82) is 0 Å². The molecule has 3 aromatic rings. The van der Waals surface area contributed by atoms with E-state index in [1.54, 1.807) is 38.1 Å². The molecule has 0 fully saturated rings. The van der Waals surface area contributed by atoms with Gasteiger partial charge in [-0.1, -0.05) is 11.3 Å². The van der Waals surface area contributed by atoms with Crippen LogP contribution in [0.4, 0.5) is 4.39 Å². The number of rotatable bonds is 8. The summed E-state index contributed by atoms with van der Waals surface area (Å²) in [6.45, 7) is 2.67. The Morgan fingerprint density at radius 1 is 1.14 bits per heavy atom. The second-order valence-electron chi connectivity index (χ2n) is 6.19. The zero-order chi connectivity index (χ0) is 20.8. The molecule has 0 bridgehead atoms. The molecular weight excluding hydrogens is 411 g/mol. The van der Waals surface area contributed by atoms with E-state index >= 15 is 0 Å². The number of methoxy groups -OCH3 is 2. The minimum Gasteiger partial charge on any atom is -0.495 e. The van der Waals surface area contributed by atoms with Gasteiger partial charge < -0.3 is 14.0 Å². The number of hydrogen-bond donors (Lipinski definition) is 0. The zero-order valence-corrected chi connectivity index (χ0v) is 18.2. The minimum absolute atomic E-state index is 0.156. The second-order valence-corrected chi connectivity index (χ2v) is 8.33. The van der Waals surface area contributed by atoms with Crippen LogP contribution < -0.4 is 14.3 Å². The van der Waals surface area contributed by atoms with E-state index in [-0.39, 0.29) is 11.7 Å². The summed E-state index contributed by atoms with van der Waals surface area (Å²) < 4.78 is 26.8. The molecule has 0 radical (unpaired) electrons. The molecule has 0 unspecified atom stereocenters. The quantitative estimate of drug-likeness (QED) is 0.375. The van der Waals surface area contributed by atoms with Crippen molar-refractivity contribution in [2.24, 2.45) is 4.99 Å². The van der Waals surface area contributed by atoms with Crippen molar-refractivity contribution < 1.29 is 18.7 Å². The van der Waals surface area contributed by atoms with Crippen LogP contribution >= 0.6 is 23.1 Å². The summed E-state index contributed by atoms with van der Waals surface area (Å²) in [5, 5.41) is 0. The molecule has 0 spiro atoms. The zero-order valence-electron chi connectivity index (χ0n) is 16.6. The molecule has 0 atom stereocenters. The highest BCUT2D eigenvalue weighted by molar-refractivity contribution is 7.99. The van der Waals surface area contributed by atoms with Crippen molar-refractivity contribution in [3.63, 3.8) is 0 Å². The lowest BCUT2D eigenvalue weighted by atomic mass is 10.3. The third-order valence-electron chi connectivity index (χ3n) is 4.35. The van der Waals surface area contributed by atoms with E-state index in [1.807, 2.05) is 23.6 Å². The van der Waals surface area contributed by atoms with E-state index in [9.17, 15) is 9.18 Å². The van der Waals surface area contributed by atoms with Gasteiger partial charge in [0.1, 0.15) is 27.5 Å². The average Bonchev–Trinajstić information content (AvgIpc) is 3.09. The van der Waals surface area contributed by atoms with Gasteiger partial charge in [-0.05, 0) is 55.5 Å². The first-order chi connectivity index (χ1) is 14.1. The number of carbonyl (C=O) groups excluding carboxylic acids is 1. The van der Waals surface area contributed by atoms with Crippen LogP contribution in [0.5, 0.6) is 11.5 Å². The molecule has 8 heteroatoms. The predicted molar refractivity (Wildman–Crippen MR) is 116 cm³/mol. The number of halogens is 1. The fourth-order valence-electron chi connectivity index (χ4n) is 2.94. The van der Waals surface area contributed by atoms with Gasteiger partial charge in [0, 0.05) is 17.9 Å². The lowest BCUT2D eigenvalue weighted by molar-refractivity contribution is -0.118. The number of benzene rings is 2. The maximum absolute atomic E-state index is 12.9. The van der Waals surface area contributed by atoms with Gasteiger partial charge in [0.05, 0.1) is 14.2 Å². The van der Waals surface area contributed by atoms with Gasteiger partial charge in [0.2, 0.25) is 5.91 Å². The smallest absolute Gasteiger partial charge is 0.248 e. The molecule has 5 nitrogen and oxygen atoms in total. The number of amides is 1. The third kappa shape index (κ3) is 5.00. The number of thioether (sulfide) groups is 1.